The molecule has 1 N–H and O–H groups in total. The van der Waals surface area contributed by atoms with E-state index in [1.54, 1.807) is 18.7 Å². The van der Waals surface area contributed by atoms with Crippen LogP contribution < -0.4 is 5.32 Å². The molecule has 1 saturated heterocycles. The first-order valence-electron chi connectivity index (χ1n) is 11.2. The number of likely N-dealkylation sites (tertiary alicyclic amines) is 1. The molecule has 5 rings (SSSR count). The zero-order chi connectivity index (χ0) is 22.8. The number of imidazole rings is 1. The maximum absolute atomic E-state index is 12.7. The summed E-state index contributed by atoms with van der Waals surface area (Å²) in [7, 11) is 0. The Labute approximate surface area is 191 Å². The highest BCUT2D eigenvalue weighted by molar-refractivity contribution is 5.86. The van der Waals surface area contributed by atoms with E-state index in [2.05, 4.69) is 32.2 Å². The molecule has 4 aromatic rings. The van der Waals surface area contributed by atoms with Gasteiger partial charge in [0.25, 0.3) is 0 Å². The molecule has 1 aromatic carbocycles. The number of benzene rings is 1. The van der Waals surface area contributed by atoms with Crippen LogP contribution in [-0.4, -0.2) is 59.4 Å². The summed E-state index contributed by atoms with van der Waals surface area (Å²) in [5.74, 6) is 2.31. The predicted molar refractivity (Wildman–Crippen MR) is 126 cm³/mol. The molecular weight excluding hydrogens is 416 g/mol. The van der Waals surface area contributed by atoms with Crippen LogP contribution in [0.3, 0.4) is 0 Å². The number of hydrogen-bond donors (Lipinski definition) is 1. The first-order valence-corrected chi connectivity index (χ1v) is 11.2. The van der Waals surface area contributed by atoms with Crippen LogP contribution in [0.15, 0.2) is 49.1 Å². The van der Waals surface area contributed by atoms with Gasteiger partial charge < -0.3 is 14.8 Å². The lowest BCUT2D eigenvalue weighted by molar-refractivity contribution is -0.129. The number of aromatic nitrogens is 6. The fourth-order valence-corrected chi connectivity index (χ4v) is 4.25. The summed E-state index contributed by atoms with van der Waals surface area (Å²) in [5.41, 5.74) is 3.35. The van der Waals surface area contributed by atoms with E-state index in [4.69, 9.17) is 4.98 Å². The molecule has 1 aliphatic heterocycles. The molecular formula is C24H26N8O. The summed E-state index contributed by atoms with van der Waals surface area (Å²) in [5, 5.41) is 3.51. The number of hydrogen-bond acceptors (Lipinski definition) is 7. The van der Waals surface area contributed by atoms with E-state index in [0.717, 1.165) is 35.6 Å². The van der Waals surface area contributed by atoms with Gasteiger partial charge in [0.05, 0.1) is 12.0 Å². The number of anilines is 1. The van der Waals surface area contributed by atoms with Crippen LogP contribution in [0.25, 0.3) is 22.6 Å². The van der Waals surface area contributed by atoms with Crippen molar-refractivity contribution >= 4 is 22.9 Å². The molecule has 0 bridgehead atoms. The van der Waals surface area contributed by atoms with Gasteiger partial charge in [0, 0.05) is 38.1 Å². The fourth-order valence-electron chi connectivity index (χ4n) is 4.25. The molecule has 9 nitrogen and oxygen atoms in total. The number of nitrogens with zero attached hydrogens (tertiary/aromatic N) is 7. The maximum atomic E-state index is 12.7. The summed E-state index contributed by atoms with van der Waals surface area (Å²) in [4.78, 5) is 37.1. The predicted octanol–water partition coefficient (Wildman–Crippen LogP) is 2.87. The summed E-state index contributed by atoms with van der Waals surface area (Å²) in [6.07, 6.45) is 6.40. The number of aryl methyl sites for hydroxylation is 2. The lowest BCUT2D eigenvalue weighted by Crippen LogP contribution is -2.32. The molecule has 0 radical (unpaired) electrons. The number of rotatable bonds is 6. The van der Waals surface area contributed by atoms with Gasteiger partial charge in [-0.25, -0.2) is 24.9 Å². The van der Waals surface area contributed by atoms with Crippen LogP contribution in [0.1, 0.15) is 24.7 Å². The topological polar surface area (TPSA) is 102 Å². The van der Waals surface area contributed by atoms with Gasteiger partial charge in [-0.2, -0.15) is 0 Å². The van der Waals surface area contributed by atoms with Crippen molar-refractivity contribution in [3.8, 4) is 11.4 Å². The highest BCUT2D eigenvalue weighted by Gasteiger charge is 2.27. The third-order valence-electron chi connectivity index (χ3n) is 5.97. The molecule has 1 unspecified atom stereocenters. The zero-order valence-corrected chi connectivity index (χ0v) is 18.8. The van der Waals surface area contributed by atoms with Gasteiger partial charge in [0.15, 0.2) is 17.0 Å². The highest BCUT2D eigenvalue weighted by atomic mass is 16.2. The summed E-state index contributed by atoms with van der Waals surface area (Å²) in [6, 6.07) is 9.97. The van der Waals surface area contributed by atoms with Crippen LogP contribution in [0.2, 0.25) is 0 Å². The molecule has 1 fully saturated rings. The summed E-state index contributed by atoms with van der Waals surface area (Å²) >= 11 is 0. The third-order valence-corrected chi connectivity index (χ3v) is 5.97. The van der Waals surface area contributed by atoms with Gasteiger partial charge in [-0.3, -0.25) is 4.79 Å². The van der Waals surface area contributed by atoms with Gasteiger partial charge in [-0.1, -0.05) is 30.3 Å². The molecule has 0 aliphatic carbocycles. The van der Waals surface area contributed by atoms with E-state index in [1.807, 2.05) is 46.7 Å². The average molecular weight is 443 g/mol. The number of amides is 1. The van der Waals surface area contributed by atoms with Gasteiger partial charge in [-0.05, 0) is 25.8 Å². The largest absolute Gasteiger partial charge is 0.364 e. The minimum Gasteiger partial charge on any atom is -0.364 e. The molecule has 4 heterocycles. The highest BCUT2D eigenvalue weighted by Crippen LogP contribution is 2.27. The van der Waals surface area contributed by atoms with E-state index in [0.29, 0.717) is 36.7 Å². The lowest BCUT2D eigenvalue weighted by Gasteiger charge is -2.17. The molecule has 1 aliphatic rings. The van der Waals surface area contributed by atoms with Crippen molar-refractivity contribution in [2.75, 3.05) is 18.4 Å². The van der Waals surface area contributed by atoms with Crippen molar-refractivity contribution in [2.45, 2.75) is 39.3 Å². The molecule has 1 atom stereocenters. The smallest absolute Gasteiger partial charge is 0.227 e. The number of carbonyl (C=O) groups is 1. The normalized spacial score (nSPS) is 15.8. The molecule has 33 heavy (non-hydrogen) atoms. The Kier molecular flexibility index (Phi) is 5.68. The molecule has 9 heteroatoms. The Hall–Kier alpha value is -3.88. The third kappa shape index (κ3) is 4.26. The van der Waals surface area contributed by atoms with Gasteiger partial charge in [0.2, 0.25) is 5.91 Å². The quantitative estimate of drug-likeness (QED) is 0.490. The van der Waals surface area contributed by atoms with Crippen molar-refractivity contribution in [3.05, 3.63) is 60.4 Å². The number of carbonyl (C=O) groups excluding carboxylic acids is 1. The second-order valence-corrected chi connectivity index (χ2v) is 8.23. The van der Waals surface area contributed by atoms with Crippen LogP contribution in [-0.2, 0) is 17.8 Å². The van der Waals surface area contributed by atoms with Gasteiger partial charge in [0.1, 0.15) is 18.0 Å². The summed E-state index contributed by atoms with van der Waals surface area (Å²) in [6.45, 7) is 6.00. The maximum Gasteiger partial charge on any atom is 0.227 e. The summed E-state index contributed by atoms with van der Waals surface area (Å²) < 4.78 is 2.04. The fraction of sp³-hybridized carbons (Fsp3) is 0.333. The minimum absolute atomic E-state index is 0.112. The monoisotopic (exact) mass is 442 g/mol. The van der Waals surface area contributed by atoms with E-state index >= 15 is 0 Å². The van der Waals surface area contributed by atoms with Gasteiger partial charge in [-0.15, -0.1) is 0 Å². The van der Waals surface area contributed by atoms with Crippen molar-refractivity contribution in [2.24, 2.45) is 0 Å². The van der Waals surface area contributed by atoms with Crippen LogP contribution in [0.4, 0.5) is 5.82 Å². The lowest BCUT2D eigenvalue weighted by atomic mass is 10.1. The molecule has 1 amide bonds. The van der Waals surface area contributed by atoms with E-state index in [1.165, 1.54) is 0 Å². The van der Waals surface area contributed by atoms with E-state index in [-0.39, 0.29) is 11.9 Å². The second-order valence-electron chi connectivity index (χ2n) is 8.23. The SMILES string of the molecule is CCn1c(-c2cnc(C)nc2)nc2c(NC3CCN(C(=O)Cc4ccccc4)C3)ncnc21. The van der Waals surface area contributed by atoms with Crippen molar-refractivity contribution in [1.29, 1.82) is 0 Å². The molecule has 0 spiro atoms. The molecule has 0 saturated carbocycles. The minimum atomic E-state index is 0.112. The number of nitrogens with one attached hydrogen (secondary N) is 1. The standard InChI is InChI=1S/C24H26N8O/c1-3-32-23(18-12-25-16(2)26-13-18)30-21-22(27-15-28-24(21)32)29-19-9-10-31(14-19)20(33)11-17-7-5-4-6-8-17/h4-8,12-13,15,19H,3,9-11,14H2,1-2H3,(H,27,28,29). The average Bonchev–Trinajstić information content (AvgIpc) is 3.45. The Morgan fingerprint density at radius 3 is 2.67 bits per heavy atom. The van der Waals surface area contributed by atoms with Crippen molar-refractivity contribution in [1.82, 2.24) is 34.4 Å². The number of fused-ring (bicyclic) bond motifs is 1. The second kappa shape index (κ2) is 8.93. The first-order chi connectivity index (χ1) is 16.1. The Bertz CT molecular complexity index is 1270. The Morgan fingerprint density at radius 2 is 1.91 bits per heavy atom. The molecule has 168 valence electrons. The first kappa shape index (κ1) is 21.0. The zero-order valence-electron chi connectivity index (χ0n) is 18.8. The van der Waals surface area contributed by atoms with Crippen molar-refractivity contribution in [3.63, 3.8) is 0 Å². The van der Waals surface area contributed by atoms with Crippen molar-refractivity contribution < 1.29 is 4.79 Å². The van der Waals surface area contributed by atoms with Crippen LogP contribution >= 0.6 is 0 Å². The van der Waals surface area contributed by atoms with Crippen LogP contribution in [0, 0.1) is 6.92 Å². The Morgan fingerprint density at radius 1 is 1.12 bits per heavy atom. The van der Waals surface area contributed by atoms with E-state index < -0.39 is 0 Å². The Balaban J connectivity index is 1.35. The van der Waals surface area contributed by atoms with E-state index in [9.17, 15) is 4.79 Å². The molecule has 3 aromatic heterocycles. The van der Waals surface area contributed by atoms with Crippen LogP contribution in [0.5, 0.6) is 0 Å². The van der Waals surface area contributed by atoms with Gasteiger partial charge >= 0.3 is 0 Å².